The van der Waals surface area contributed by atoms with Crippen LogP contribution in [0.4, 0.5) is 0 Å². The summed E-state index contributed by atoms with van der Waals surface area (Å²) in [5.74, 6) is 0.773. The van der Waals surface area contributed by atoms with Crippen LogP contribution in [0.5, 0.6) is 0 Å². The Morgan fingerprint density at radius 3 is 2.65 bits per heavy atom. The maximum absolute atomic E-state index is 11.2. The molecular weight excluding hydrogens is 254 g/mol. The Hall–Kier alpha value is -1.32. The van der Waals surface area contributed by atoms with Gasteiger partial charge < -0.3 is 0 Å². The standard InChI is InChI=1S/C13H10ClNOS/c14-12(16)11-7-4-8-15-13(11)17-9-10-5-2-1-3-6-10/h1-8H,9H2. The Labute approximate surface area is 109 Å². The summed E-state index contributed by atoms with van der Waals surface area (Å²) >= 11 is 7.01. The fourth-order valence-electron chi connectivity index (χ4n) is 1.38. The molecule has 0 saturated carbocycles. The lowest BCUT2D eigenvalue weighted by atomic mass is 10.2. The summed E-state index contributed by atoms with van der Waals surface area (Å²) in [5, 5.41) is 0.213. The molecule has 0 aliphatic carbocycles. The molecule has 86 valence electrons. The Bertz CT molecular complexity index is 516. The lowest BCUT2D eigenvalue weighted by Gasteiger charge is -2.04. The number of halogens is 1. The number of benzene rings is 1. The first-order valence-corrected chi connectivity index (χ1v) is 6.45. The van der Waals surface area contributed by atoms with E-state index in [0.717, 1.165) is 5.75 Å². The van der Waals surface area contributed by atoms with E-state index in [1.807, 2.05) is 30.3 Å². The Kier molecular flexibility index (Phi) is 4.18. The van der Waals surface area contributed by atoms with Crippen molar-refractivity contribution in [3.05, 3.63) is 59.8 Å². The highest BCUT2D eigenvalue weighted by molar-refractivity contribution is 7.98. The summed E-state index contributed by atoms with van der Waals surface area (Å²) < 4.78 is 0. The van der Waals surface area contributed by atoms with Crippen molar-refractivity contribution in [3.8, 4) is 0 Å². The van der Waals surface area contributed by atoms with Gasteiger partial charge in [0.1, 0.15) is 5.03 Å². The van der Waals surface area contributed by atoms with Gasteiger partial charge in [-0.3, -0.25) is 4.79 Å². The Morgan fingerprint density at radius 1 is 1.18 bits per heavy atom. The third-order valence-corrected chi connectivity index (χ3v) is 3.48. The van der Waals surface area contributed by atoms with Crippen LogP contribution in [0, 0.1) is 0 Å². The lowest BCUT2D eigenvalue weighted by Crippen LogP contribution is -1.95. The number of aromatic nitrogens is 1. The molecule has 0 amide bonds. The zero-order valence-corrected chi connectivity index (χ0v) is 10.5. The van der Waals surface area contributed by atoms with Gasteiger partial charge in [0.15, 0.2) is 0 Å². The van der Waals surface area contributed by atoms with E-state index in [2.05, 4.69) is 4.98 Å². The largest absolute Gasteiger partial charge is 0.276 e. The van der Waals surface area contributed by atoms with Crippen LogP contribution in [-0.2, 0) is 5.75 Å². The molecule has 1 aromatic heterocycles. The normalized spacial score (nSPS) is 10.2. The smallest absolute Gasteiger partial charge is 0.255 e. The minimum atomic E-state index is -0.464. The topological polar surface area (TPSA) is 30.0 Å². The van der Waals surface area contributed by atoms with Crippen molar-refractivity contribution >= 4 is 28.6 Å². The first-order chi connectivity index (χ1) is 8.27. The van der Waals surface area contributed by atoms with Gasteiger partial charge in [0, 0.05) is 11.9 Å². The van der Waals surface area contributed by atoms with Crippen molar-refractivity contribution in [2.24, 2.45) is 0 Å². The van der Waals surface area contributed by atoms with Gasteiger partial charge in [0.25, 0.3) is 5.24 Å². The minimum Gasteiger partial charge on any atom is -0.276 e. The Morgan fingerprint density at radius 2 is 1.94 bits per heavy atom. The number of carbonyl (C=O) groups excluding carboxylic acids is 1. The zero-order chi connectivity index (χ0) is 12.1. The quantitative estimate of drug-likeness (QED) is 0.622. The highest BCUT2D eigenvalue weighted by Gasteiger charge is 2.09. The number of pyridine rings is 1. The molecule has 1 aromatic carbocycles. The van der Waals surface area contributed by atoms with Crippen molar-refractivity contribution < 1.29 is 4.79 Å². The molecule has 2 nitrogen and oxygen atoms in total. The molecule has 4 heteroatoms. The molecule has 0 radical (unpaired) electrons. The van der Waals surface area contributed by atoms with Gasteiger partial charge in [-0.1, -0.05) is 30.3 Å². The third kappa shape index (κ3) is 3.32. The van der Waals surface area contributed by atoms with E-state index in [1.54, 1.807) is 18.3 Å². The van der Waals surface area contributed by atoms with Gasteiger partial charge in [-0.2, -0.15) is 0 Å². The highest BCUT2D eigenvalue weighted by atomic mass is 35.5. The van der Waals surface area contributed by atoms with Crippen molar-refractivity contribution in [1.82, 2.24) is 4.98 Å². The molecule has 2 aromatic rings. The fourth-order valence-corrected chi connectivity index (χ4v) is 2.54. The fraction of sp³-hybridized carbons (Fsp3) is 0.0769. The number of hydrogen-bond donors (Lipinski definition) is 0. The maximum atomic E-state index is 11.2. The van der Waals surface area contributed by atoms with Gasteiger partial charge in [-0.25, -0.2) is 4.98 Å². The third-order valence-electron chi connectivity index (χ3n) is 2.20. The van der Waals surface area contributed by atoms with Crippen molar-refractivity contribution in [2.45, 2.75) is 10.8 Å². The minimum absolute atomic E-state index is 0.464. The Balaban J connectivity index is 2.12. The molecule has 0 fully saturated rings. The van der Waals surface area contributed by atoms with Gasteiger partial charge in [-0.15, -0.1) is 11.8 Å². The van der Waals surface area contributed by atoms with E-state index in [1.165, 1.54) is 17.3 Å². The van der Waals surface area contributed by atoms with E-state index in [4.69, 9.17) is 11.6 Å². The summed E-state index contributed by atoms with van der Waals surface area (Å²) in [4.78, 5) is 15.4. The van der Waals surface area contributed by atoms with Crippen LogP contribution in [0.15, 0.2) is 53.7 Å². The van der Waals surface area contributed by atoms with E-state index in [0.29, 0.717) is 10.6 Å². The number of carbonyl (C=O) groups is 1. The van der Waals surface area contributed by atoms with Gasteiger partial charge in [0.2, 0.25) is 0 Å². The average Bonchev–Trinajstić information content (AvgIpc) is 2.38. The van der Waals surface area contributed by atoms with Crippen LogP contribution >= 0.6 is 23.4 Å². The zero-order valence-electron chi connectivity index (χ0n) is 8.97. The van der Waals surface area contributed by atoms with Crippen molar-refractivity contribution in [2.75, 3.05) is 0 Å². The average molecular weight is 264 g/mol. The molecule has 17 heavy (non-hydrogen) atoms. The summed E-state index contributed by atoms with van der Waals surface area (Å²) in [6.07, 6.45) is 1.66. The van der Waals surface area contributed by atoms with Crippen LogP contribution in [0.1, 0.15) is 15.9 Å². The summed E-state index contributed by atoms with van der Waals surface area (Å²) in [6, 6.07) is 13.4. The summed E-state index contributed by atoms with van der Waals surface area (Å²) in [6.45, 7) is 0. The molecule has 1 heterocycles. The molecule has 0 unspecified atom stereocenters. The number of nitrogens with zero attached hydrogens (tertiary/aromatic N) is 1. The molecule has 0 aliphatic heterocycles. The maximum Gasteiger partial charge on any atom is 0.255 e. The van der Waals surface area contributed by atoms with E-state index < -0.39 is 5.24 Å². The first kappa shape index (κ1) is 12.1. The summed E-state index contributed by atoms with van der Waals surface area (Å²) in [5.41, 5.74) is 1.66. The molecular formula is C13H10ClNOS. The highest BCUT2D eigenvalue weighted by Crippen LogP contribution is 2.24. The molecule has 0 atom stereocenters. The van der Waals surface area contributed by atoms with Crippen molar-refractivity contribution in [3.63, 3.8) is 0 Å². The molecule has 0 aliphatic rings. The van der Waals surface area contributed by atoms with Crippen molar-refractivity contribution in [1.29, 1.82) is 0 Å². The van der Waals surface area contributed by atoms with Gasteiger partial charge in [0.05, 0.1) is 5.56 Å². The molecule has 0 saturated heterocycles. The van der Waals surface area contributed by atoms with Gasteiger partial charge >= 0.3 is 0 Å². The second kappa shape index (κ2) is 5.84. The number of rotatable bonds is 4. The molecule has 0 N–H and O–H groups in total. The van der Waals surface area contributed by atoms with Crippen LogP contribution in [0.25, 0.3) is 0 Å². The van der Waals surface area contributed by atoms with Gasteiger partial charge in [-0.05, 0) is 29.3 Å². The second-order valence-corrected chi connectivity index (χ2v) is 4.71. The number of thioether (sulfide) groups is 1. The summed E-state index contributed by atoms with van der Waals surface area (Å²) in [7, 11) is 0. The van der Waals surface area contributed by atoms with Crippen LogP contribution in [0.2, 0.25) is 0 Å². The predicted molar refractivity (Wildman–Crippen MR) is 70.4 cm³/mol. The number of hydrogen-bond acceptors (Lipinski definition) is 3. The van der Waals surface area contributed by atoms with Crippen LogP contribution < -0.4 is 0 Å². The molecule has 0 bridgehead atoms. The van der Waals surface area contributed by atoms with Crippen LogP contribution in [-0.4, -0.2) is 10.2 Å². The van der Waals surface area contributed by atoms with Crippen LogP contribution in [0.3, 0.4) is 0 Å². The second-order valence-electron chi connectivity index (χ2n) is 3.40. The predicted octanol–water partition coefficient (Wildman–Crippen LogP) is 3.75. The molecule has 0 spiro atoms. The molecule has 2 rings (SSSR count). The first-order valence-electron chi connectivity index (χ1n) is 5.09. The SMILES string of the molecule is O=C(Cl)c1cccnc1SCc1ccccc1. The monoisotopic (exact) mass is 263 g/mol. The van der Waals surface area contributed by atoms with E-state index >= 15 is 0 Å². The van der Waals surface area contributed by atoms with E-state index in [-0.39, 0.29) is 0 Å². The van der Waals surface area contributed by atoms with E-state index in [9.17, 15) is 4.79 Å². The lowest BCUT2D eigenvalue weighted by molar-refractivity contribution is 0.107.